The number of ether oxygens (including phenoxy) is 1. The van der Waals surface area contributed by atoms with E-state index in [1.807, 2.05) is 0 Å². The van der Waals surface area contributed by atoms with Gasteiger partial charge in [-0.3, -0.25) is 19.8 Å². The van der Waals surface area contributed by atoms with Crippen molar-refractivity contribution in [3.63, 3.8) is 0 Å². The molecule has 0 fully saturated rings. The molecule has 0 saturated carbocycles. The maximum absolute atomic E-state index is 15.1. The van der Waals surface area contributed by atoms with Crippen molar-refractivity contribution in [3.05, 3.63) is 83.3 Å². The molecule has 31 heavy (non-hydrogen) atoms. The van der Waals surface area contributed by atoms with E-state index in [9.17, 15) is 19.2 Å². The fourth-order valence-corrected chi connectivity index (χ4v) is 3.29. The summed E-state index contributed by atoms with van der Waals surface area (Å²) in [6.07, 6.45) is 3.17. The number of rotatable bonds is 4. The number of carbonyl (C=O) groups is 2. The van der Waals surface area contributed by atoms with E-state index in [1.54, 1.807) is 6.08 Å². The van der Waals surface area contributed by atoms with Crippen LogP contribution in [0.3, 0.4) is 0 Å². The minimum atomic E-state index is -2.31. The average Bonchev–Trinajstić information content (AvgIpc) is 2.81. The number of hydrogen-bond donors (Lipinski definition) is 1. The van der Waals surface area contributed by atoms with Gasteiger partial charge in [-0.1, -0.05) is 18.2 Å². The number of ketones is 1. The summed E-state index contributed by atoms with van der Waals surface area (Å²) in [5, 5.41) is 10.7. The Hall–Kier alpha value is -3.72. The molecular weight excluding hydrogens is 408 g/mol. The highest BCUT2D eigenvalue weighted by atomic mass is 19.1. The zero-order valence-corrected chi connectivity index (χ0v) is 16.2. The van der Waals surface area contributed by atoms with E-state index in [0.29, 0.717) is 12.8 Å². The van der Waals surface area contributed by atoms with Crippen molar-refractivity contribution in [2.24, 2.45) is 4.99 Å². The molecule has 2 aromatic rings. The molecule has 1 unspecified atom stereocenters. The molecule has 1 aromatic carbocycles. The lowest BCUT2D eigenvalue weighted by atomic mass is 9.92. The van der Waals surface area contributed by atoms with Gasteiger partial charge in [-0.2, -0.15) is 5.06 Å². The second-order valence-electron chi connectivity index (χ2n) is 6.81. The molecule has 0 bridgehead atoms. The molecule has 7 nitrogen and oxygen atoms in total. The van der Waals surface area contributed by atoms with Crippen molar-refractivity contribution < 1.29 is 28.3 Å². The lowest BCUT2D eigenvalue weighted by molar-refractivity contribution is -0.122. The maximum atomic E-state index is 15.1. The van der Waals surface area contributed by atoms with Crippen LogP contribution in [-0.4, -0.2) is 40.4 Å². The second kappa shape index (κ2) is 8.57. The first-order valence-electron chi connectivity index (χ1n) is 9.51. The number of aromatic nitrogens is 1. The predicted molar refractivity (Wildman–Crippen MR) is 107 cm³/mol. The van der Waals surface area contributed by atoms with Crippen LogP contribution in [0.4, 0.5) is 14.5 Å². The third-order valence-electron chi connectivity index (χ3n) is 4.80. The molecule has 0 saturated heterocycles. The molecule has 3 heterocycles. The quantitative estimate of drug-likeness (QED) is 0.600. The van der Waals surface area contributed by atoms with Crippen molar-refractivity contribution in [2.45, 2.75) is 19.0 Å². The number of aliphatic imine (C=N–C) groups is 1. The first kappa shape index (κ1) is 20.5. The van der Waals surface area contributed by atoms with Crippen LogP contribution in [-0.2, 0) is 14.3 Å². The molecule has 1 amide bonds. The molecule has 1 aromatic heterocycles. The van der Waals surface area contributed by atoms with E-state index >= 15 is 4.39 Å². The molecule has 2 aliphatic rings. The van der Waals surface area contributed by atoms with Crippen molar-refractivity contribution in [2.75, 3.05) is 11.7 Å². The minimum Gasteiger partial charge on any atom is -0.493 e. The molecule has 2 aliphatic heterocycles. The first-order chi connectivity index (χ1) is 15.0. The summed E-state index contributed by atoms with van der Waals surface area (Å²) in [4.78, 5) is 33.9. The molecule has 4 rings (SSSR count). The summed E-state index contributed by atoms with van der Waals surface area (Å²) in [6, 6.07) is 8.12. The third kappa shape index (κ3) is 3.87. The maximum Gasteiger partial charge on any atom is 0.301 e. The number of nitrogens with zero attached hydrogens (tertiary/aromatic N) is 3. The molecule has 1 N–H and O–H groups in total. The summed E-state index contributed by atoms with van der Waals surface area (Å²) >= 11 is 0. The van der Waals surface area contributed by atoms with E-state index in [-0.39, 0.29) is 34.3 Å². The van der Waals surface area contributed by atoms with E-state index in [1.165, 1.54) is 42.7 Å². The van der Waals surface area contributed by atoms with Gasteiger partial charge in [-0.15, -0.1) is 0 Å². The van der Waals surface area contributed by atoms with Gasteiger partial charge in [0.2, 0.25) is 12.0 Å². The summed E-state index contributed by atoms with van der Waals surface area (Å²) in [5.41, 5.74) is -1.73. The standard InChI is InChI=1S/C22H17F2N3O4/c23-15-8-2-1-7-14(15)19-18(24)21(28)17(16-9-3-4-11-31-16)20(26-19)22(29)27(30)13-6-5-10-25-12-13/h1-2,5-10,12,18,30H,3-4,11H2. The molecule has 0 aliphatic carbocycles. The topological polar surface area (TPSA) is 92.1 Å². The molecule has 0 radical (unpaired) electrons. The van der Waals surface area contributed by atoms with Crippen molar-refractivity contribution in [3.8, 4) is 0 Å². The highest BCUT2D eigenvalue weighted by molar-refractivity contribution is 6.27. The third-order valence-corrected chi connectivity index (χ3v) is 4.80. The number of anilines is 1. The van der Waals surface area contributed by atoms with Crippen LogP contribution in [0.25, 0.3) is 0 Å². The number of hydroxylamine groups is 1. The number of benzene rings is 1. The van der Waals surface area contributed by atoms with Crippen LogP contribution in [0, 0.1) is 5.82 Å². The highest BCUT2D eigenvalue weighted by Gasteiger charge is 2.41. The normalized spacial score (nSPS) is 18.8. The van der Waals surface area contributed by atoms with Gasteiger partial charge in [-0.25, -0.2) is 13.8 Å². The van der Waals surface area contributed by atoms with Gasteiger partial charge in [0.1, 0.15) is 17.3 Å². The second-order valence-corrected chi connectivity index (χ2v) is 6.81. The smallest absolute Gasteiger partial charge is 0.301 e. The summed E-state index contributed by atoms with van der Waals surface area (Å²) < 4.78 is 34.9. The Morgan fingerprint density at radius 1 is 1.23 bits per heavy atom. The molecule has 9 heteroatoms. The van der Waals surface area contributed by atoms with Crippen LogP contribution < -0.4 is 5.06 Å². The van der Waals surface area contributed by atoms with E-state index in [2.05, 4.69) is 9.98 Å². The van der Waals surface area contributed by atoms with Gasteiger partial charge in [0, 0.05) is 11.8 Å². The lowest BCUT2D eigenvalue weighted by Crippen LogP contribution is -2.38. The number of amides is 1. The van der Waals surface area contributed by atoms with Crippen LogP contribution in [0.1, 0.15) is 18.4 Å². The Labute approximate surface area is 176 Å². The Morgan fingerprint density at radius 3 is 2.71 bits per heavy atom. The first-order valence-corrected chi connectivity index (χ1v) is 9.51. The van der Waals surface area contributed by atoms with E-state index in [0.717, 1.165) is 6.07 Å². The molecule has 0 spiro atoms. The summed E-state index contributed by atoms with van der Waals surface area (Å²) in [7, 11) is 0. The Bertz CT molecular complexity index is 1130. The van der Waals surface area contributed by atoms with Crippen LogP contribution in [0.2, 0.25) is 0 Å². The minimum absolute atomic E-state index is 0.00959. The molecule has 1 atom stereocenters. The number of Topliss-reactive ketones (excluding diaryl/α,β-unsaturated/α-hetero) is 1. The van der Waals surface area contributed by atoms with Crippen LogP contribution in [0.15, 0.2) is 76.9 Å². The monoisotopic (exact) mass is 425 g/mol. The Kier molecular flexibility index (Phi) is 5.68. The van der Waals surface area contributed by atoms with E-state index in [4.69, 9.17) is 4.74 Å². The average molecular weight is 425 g/mol. The lowest BCUT2D eigenvalue weighted by Gasteiger charge is -2.25. The summed E-state index contributed by atoms with van der Waals surface area (Å²) in [6.45, 7) is 0.274. The van der Waals surface area contributed by atoms with Gasteiger partial charge in [-0.05, 0) is 37.1 Å². The van der Waals surface area contributed by atoms with Gasteiger partial charge >= 0.3 is 5.91 Å². The predicted octanol–water partition coefficient (Wildman–Crippen LogP) is 3.30. The zero-order valence-electron chi connectivity index (χ0n) is 16.2. The number of pyridine rings is 1. The molecular formula is C22H17F2N3O4. The van der Waals surface area contributed by atoms with Crippen molar-refractivity contribution in [1.82, 2.24) is 4.98 Å². The van der Waals surface area contributed by atoms with E-state index < -0.39 is 35.1 Å². The van der Waals surface area contributed by atoms with Gasteiger partial charge in [0.25, 0.3) is 0 Å². The Balaban J connectivity index is 1.89. The van der Waals surface area contributed by atoms with Gasteiger partial charge < -0.3 is 4.74 Å². The van der Waals surface area contributed by atoms with Crippen LogP contribution in [0.5, 0.6) is 0 Å². The number of halogens is 2. The van der Waals surface area contributed by atoms with Crippen LogP contribution >= 0.6 is 0 Å². The van der Waals surface area contributed by atoms with Gasteiger partial charge in [0.15, 0.2) is 0 Å². The fraction of sp³-hybridized carbons (Fsp3) is 0.182. The number of alkyl halides is 1. The number of allylic oxidation sites excluding steroid dienone is 2. The fourth-order valence-electron chi connectivity index (χ4n) is 3.29. The SMILES string of the molecule is O=C1C(C2=CCCCO2)=C(C(=O)N(O)c2cccnc2)N=C(c2ccccc2F)C1F. The van der Waals surface area contributed by atoms with Crippen molar-refractivity contribution in [1.29, 1.82) is 0 Å². The highest BCUT2D eigenvalue weighted by Crippen LogP contribution is 2.32. The zero-order chi connectivity index (χ0) is 22.0. The Morgan fingerprint density at radius 2 is 2.03 bits per heavy atom. The number of carbonyl (C=O) groups excluding carboxylic acids is 2. The summed E-state index contributed by atoms with van der Waals surface area (Å²) in [5.74, 6) is -2.98. The number of hydrogen-bond acceptors (Lipinski definition) is 6. The molecule has 158 valence electrons. The van der Waals surface area contributed by atoms with Crippen molar-refractivity contribution >= 4 is 23.1 Å². The van der Waals surface area contributed by atoms with Gasteiger partial charge in [0.05, 0.1) is 29.8 Å². The largest absolute Gasteiger partial charge is 0.493 e.